The molecule has 0 saturated heterocycles. The maximum Gasteiger partial charge on any atom is 0.305 e. The molecule has 0 bridgehead atoms. The molecule has 0 fully saturated rings. The minimum Gasteiger partial charge on any atom is -0.481 e. The molecule has 76 valence electrons. The quantitative estimate of drug-likeness (QED) is 0.624. The van der Waals surface area contributed by atoms with Crippen molar-refractivity contribution in [3.63, 3.8) is 0 Å². The summed E-state index contributed by atoms with van der Waals surface area (Å²) in [6, 6.07) is 6.92. The van der Waals surface area contributed by atoms with Gasteiger partial charge in [-0.15, -0.1) is 0 Å². The van der Waals surface area contributed by atoms with Gasteiger partial charge in [0.2, 0.25) is 0 Å². The van der Waals surface area contributed by atoms with Gasteiger partial charge in [-0.25, -0.2) is 0 Å². The number of anilines is 1. The van der Waals surface area contributed by atoms with E-state index in [4.69, 9.17) is 16.6 Å². The minimum atomic E-state index is -0.910. The van der Waals surface area contributed by atoms with Gasteiger partial charge in [-0.2, -0.15) is 0 Å². The number of hydrogen-bond donors (Lipinski definition) is 3. The number of benzene rings is 1. The van der Waals surface area contributed by atoms with Crippen LogP contribution in [0.25, 0.3) is 0 Å². The predicted molar refractivity (Wildman–Crippen MR) is 54.6 cm³/mol. The Kier molecular flexibility index (Phi) is 2.76. The van der Waals surface area contributed by atoms with Crippen molar-refractivity contribution in [2.45, 2.75) is 18.9 Å². The molecule has 0 spiro atoms. The Morgan fingerprint density at radius 3 is 2.36 bits per heavy atom. The van der Waals surface area contributed by atoms with Gasteiger partial charge in [0.1, 0.15) is 0 Å². The molecular weight excluding hydrogens is 180 g/mol. The van der Waals surface area contributed by atoms with Gasteiger partial charge in [-0.05, 0) is 24.6 Å². The lowest BCUT2D eigenvalue weighted by Crippen LogP contribution is -2.35. The number of aliphatic carboxylic acids is 1. The number of nitrogens with two attached hydrogens (primary N) is 2. The fourth-order valence-corrected chi connectivity index (χ4v) is 1.28. The first kappa shape index (κ1) is 10.5. The van der Waals surface area contributed by atoms with Crippen LogP contribution in [0.1, 0.15) is 18.9 Å². The third-order valence-electron chi connectivity index (χ3n) is 2.09. The molecule has 0 amide bonds. The molecular formula is C10H14N2O2. The second kappa shape index (κ2) is 3.67. The van der Waals surface area contributed by atoms with E-state index >= 15 is 0 Å². The lowest BCUT2D eigenvalue weighted by Gasteiger charge is -2.23. The highest BCUT2D eigenvalue weighted by molar-refractivity contribution is 5.68. The first-order chi connectivity index (χ1) is 6.42. The molecule has 14 heavy (non-hydrogen) atoms. The van der Waals surface area contributed by atoms with E-state index < -0.39 is 11.5 Å². The number of carboxylic acids is 1. The third-order valence-corrected chi connectivity index (χ3v) is 2.09. The second-order valence-electron chi connectivity index (χ2n) is 3.61. The van der Waals surface area contributed by atoms with Crippen molar-refractivity contribution in [2.75, 3.05) is 5.73 Å². The monoisotopic (exact) mass is 194 g/mol. The lowest BCUT2D eigenvalue weighted by molar-refractivity contribution is -0.138. The van der Waals surface area contributed by atoms with Gasteiger partial charge in [0.05, 0.1) is 6.42 Å². The van der Waals surface area contributed by atoms with E-state index in [1.165, 1.54) is 0 Å². The van der Waals surface area contributed by atoms with Crippen LogP contribution >= 0.6 is 0 Å². The molecule has 0 aliphatic carbocycles. The van der Waals surface area contributed by atoms with Crippen LogP contribution in [0, 0.1) is 0 Å². The van der Waals surface area contributed by atoms with Crippen molar-refractivity contribution in [1.29, 1.82) is 0 Å². The van der Waals surface area contributed by atoms with Crippen molar-refractivity contribution in [3.05, 3.63) is 29.8 Å². The van der Waals surface area contributed by atoms with Gasteiger partial charge in [-0.3, -0.25) is 4.79 Å². The average molecular weight is 194 g/mol. The van der Waals surface area contributed by atoms with Crippen LogP contribution < -0.4 is 11.5 Å². The first-order valence-electron chi connectivity index (χ1n) is 4.28. The summed E-state index contributed by atoms with van der Waals surface area (Å²) in [5, 5.41) is 8.66. The standard InChI is InChI=1S/C10H14N2O2/c1-10(12,6-9(13)14)7-2-4-8(11)5-3-7/h2-5H,6,11-12H2,1H3,(H,13,14)/t10-/m0/s1. The molecule has 1 atom stereocenters. The molecule has 0 saturated carbocycles. The Balaban J connectivity index is 2.91. The van der Waals surface area contributed by atoms with Crippen molar-refractivity contribution in [3.8, 4) is 0 Å². The summed E-state index contributed by atoms with van der Waals surface area (Å²) in [5.41, 5.74) is 11.9. The van der Waals surface area contributed by atoms with E-state index in [1.807, 2.05) is 0 Å². The highest BCUT2D eigenvalue weighted by atomic mass is 16.4. The Morgan fingerprint density at radius 1 is 1.43 bits per heavy atom. The number of rotatable bonds is 3. The van der Waals surface area contributed by atoms with E-state index in [0.29, 0.717) is 5.69 Å². The van der Waals surface area contributed by atoms with Crippen LogP contribution in [-0.2, 0) is 10.3 Å². The summed E-state index contributed by atoms with van der Waals surface area (Å²) >= 11 is 0. The van der Waals surface area contributed by atoms with Gasteiger partial charge in [0, 0.05) is 11.2 Å². The second-order valence-corrected chi connectivity index (χ2v) is 3.61. The lowest BCUT2D eigenvalue weighted by atomic mass is 9.90. The van der Waals surface area contributed by atoms with Crippen LogP contribution in [0.5, 0.6) is 0 Å². The van der Waals surface area contributed by atoms with Gasteiger partial charge >= 0.3 is 5.97 Å². The van der Waals surface area contributed by atoms with Crippen LogP contribution in [0.2, 0.25) is 0 Å². The van der Waals surface area contributed by atoms with Crippen molar-refractivity contribution in [1.82, 2.24) is 0 Å². The zero-order valence-corrected chi connectivity index (χ0v) is 8.03. The maximum absolute atomic E-state index is 10.6. The molecule has 0 heterocycles. The smallest absolute Gasteiger partial charge is 0.305 e. The molecule has 0 aliphatic rings. The highest BCUT2D eigenvalue weighted by Crippen LogP contribution is 2.22. The van der Waals surface area contributed by atoms with Crippen molar-refractivity contribution < 1.29 is 9.90 Å². The molecule has 0 unspecified atom stereocenters. The Bertz CT molecular complexity index is 330. The number of carboxylic acid groups (broad SMARTS) is 1. The van der Waals surface area contributed by atoms with Crippen LogP contribution in [0.4, 0.5) is 5.69 Å². The molecule has 1 aromatic carbocycles. The minimum absolute atomic E-state index is 0.100. The largest absolute Gasteiger partial charge is 0.481 e. The van der Waals surface area contributed by atoms with Crippen molar-refractivity contribution >= 4 is 11.7 Å². The molecule has 4 heteroatoms. The summed E-state index contributed by atoms with van der Waals surface area (Å²) < 4.78 is 0. The van der Waals surface area contributed by atoms with E-state index in [9.17, 15) is 4.79 Å². The topological polar surface area (TPSA) is 89.3 Å². The molecule has 4 nitrogen and oxygen atoms in total. The normalized spacial score (nSPS) is 14.7. The fraction of sp³-hybridized carbons (Fsp3) is 0.300. The maximum atomic E-state index is 10.6. The van der Waals surface area contributed by atoms with Gasteiger partial charge in [0.25, 0.3) is 0 Å². The zero-order valence-electron chi connectivity index (χ0n) is 8.03. The SMILES string of the molecule is C[C@](N)(CC(=O)O)c1ccc(N)cc1. The summed E-state index contributed by atoms with van der Waals surface area (Å²) in [7, 11) is 0. The number of nitrogen functional groups attached to an aromatic ring is 1. The van der Waals surface area contributed by atoms with E-state index in [1.54, 1.807) is 31.2 Å². The van der Waals surface area contributed by atoms with Crippen LogP contribution in [0.15, 0.2) is 24.3 Å². The Labute approximate surface area is 82.5 Å². The molecule has 5 N–H and O–H groups in total. The van der Waals surface area contributed by atoms with E-state index in [-0.39, 0.29) is 6.42 Å². The first-order valence-corrected chi connectivity index (χ1v) is 4.28. The average Bonchev–Trinajstić information content (AvgIpc) is 2.02. The molecule has 1 rings (SSSR count). The zero-order chi connectivity index (χ0) is 10.8. The Hall–Kier alpha value is -1.55. The van der Waals surface area contributed by atoms with E-state index in [2.05, 4.69) is 0 Å². The number of carbonyl (C=O) groups is 1. The molecule has 0 aliphatic heterocycles. The summed E-state index contributed by atoms with van der Waals surface area (Å²) in [6.07, 6.45) is -0.100. The van der Waals surface area contributed by atoms with Gasteiger partial charge in [0.15, 0.2) is 0 Å². The van der Waals surface area contributed by atoms with Gasteiger partial charge < -0.3 is 16.6 Å². The predicted octanol–water partition coefficient (Wildman–Crippen LogP) is 0.917. The van der Waals surface area contributed by atoms with Crippen molar-refractivity contribution in [2.24, 2.45) is 5.73 Å². The highest BCUT2D eigenvalue weighted by Gasteiger charge is 2.24. The van der Waals surface area contributed by atoms with E-state index in [0.717, 1.165) is 5.56 Å². The summed E-state index contributed by atoms with van der Waals surface area (Å²) in [6.45, 7) is 1.69. The molecule has 1 aromatic rings. The van der Waals surface area contributed by atoms with Gasteiger partial charge in [-0.1, -0.05) is 12.1 Å². The summed E-state index contributed by atoms with van der Waals surface area (Å²) in [5.74, 6) is -0.910. The fourth-order valence-electron chi connectivity index (χ4n) is 1.28. The Morgan fingerprint density at radius 2 is 1.93 bits per heavy atom. The van der Waals surface area contributed by atoms with Crippen LogP contribution in [0.3, 0.4) is 0 Å². The van der Waals surface area contributed by atoms with Crippen LogP contribution in [-0.4, -0.2) is 11.1 Å². The molecule has 0 aromatic heterocycles. The summed E-state index contributed by atoms with van der Waals surface area (Å²) in [4.78, 5) is 10.6. The third kappa shape index (κ3) is 2.47. The molecule has 0 radical (unpaired) electrons. The number of hydrogen-bond acceptors (Lipinski definition) is 3.